The Balaban J connectivity index is 2.52. The first-order chi connectivity index (χ1) is 9.20. The van der Waals surface area contributed by atoms with Gasteiger partial charge in [0.1, 0.15) is 11.6 Å². The van der Waals surface area contributed by atoms with Crippen molar-refractivity contribution in [2.24, 2.45) is 11.3 Å². The fourth-order valence-electron chi connectivity index (χ4n) is 2.16. The SMILES string of the molecule is CC(Cl)c1nc2cc(F)ccc2n1CC(C)C(C)(C)C. The monoisotopic (exact) mass is 296 g/mol. The van der Waals surface area contributed by atoms with Crippen LogP contribution in [-0.4, -0.2) is 9.55 Å². The number of rotatable bonds is 3. The van der Waals surface area contributed by atoms with E-state index < -0.39 is 0 Å². The first kappa shape index (κ1) is 15.3. The molecular weight excluding hydrogens is 275 g/mol. The van der Waals surface area contributed by atoms with Gasteiger partial charge in [0.15, 0.2) is 0 Å². The summed E-state index contributed by atoms with van der Waals surface area (Å²) >= 11 is 6.24. The lowest BCUT2D eigenvalue weighted by molar-refractivity contribution is 0.233. The number of halogens is 2. The maximum absolute atomic E-state index is 13.3. The van der Waals surface area contributed by atoms with Gasteiger partial charge in [-0.2, -0.15) is 0 Å². The minimum Gasteiger partial charge on any atom is -0.326 e. The van der Waals surface area contributed by atoms with E-state index in [0.717, 1.165) is 17.9 Å². The third-order valence-corrected chi connectivity index (χ3v) is 4.23. The predicted octanol–water partition coefficient (Wildman–Crippen LogP) is 5.16. The van der Waals surface area contributed by atoms with Gasteiger partial charge in [-0.15, -0.1) is 11.6 Å². The van der Waals surface area contributed by atoms with E-state index in [4.69, 9.17) is 11.6 Å². The quantitative estimate of drug-likeness (QED) is 0.716. The fraction of sp³-hybridized carbons (Fsp3) is 0.562. The van der Waals surface area contributed by atoms with Crippen molar-refractivity contribution in [3.05, 3.63) is 29.8 Å². The van der Waals surface area contributed by atoms with Gasteiger partial charge in [0.05, 0.1) is 16.4 Å². The summed E-state index contributed by atoms with van der Waals surface area (Å²) in [5.74, 6) is 1.00. The van der Waals surface area contributed by atoms with Gasteiger partial charge in [-0.05, 0) is 30.4 Å². The third-order valence-electron chi connectivity index (χ3n) is 4.03. The highest BCUT2D eigenvalue weighted by Gasteiger charge is 2.23. The van der Waals surface area contributed by atoms with Crippen LogP contribution in [0, 0.1) is 17.2 Å². The van der Waals surface area contributed by atoms with E-state index in [2.05, 4.69) is 37.2 Å². The molecule has 0 aliphatic heterocycles. The molecule has 0 aliphatic rings. The van der Waals surface area contributed by atoms with E-state index in [1.807, 2.05) is 6.92 Å². The Labute approximate surface area is 125 Å². The van der Waals surface area contributed by atoms with Crippen LogP contribution in [0.15, 0.2) is 18.2 Å². The Morgan fingerprint density at radius 2 is 1.95 bits per heavy atom. The molecule has 0 saturated carbocycles. The lowest BCUT2D eigenvalue weighted by Gasteiger charge is -2.28. The van der Waals surface area contributed by atoms with E-state index in [1.165, 1.54) is 12.1 Å². The zero-order chi connectivity index (χ0) is 15.1. The van der Waals surface area contributed by atoms with Crippen LogP contribution in [0.2, 0.25) is 0 Å². The number of nitrogens with zero attached hydrogens (tertiary/aromatic N) is 2. The Kier molecular flexibility index (Phi) is 4.10. The Bertz CT molecular complexity index is 611. The van der Waals surface area contributed by atoms with Crippen LogP contribution in [0.3, 0.4) is 0 Å². The van der Waals surface area contributed by atoms with Crippen LogP contribution >= 0.6 is 11.6 Å². The maximum atomic E-state index is 13.3. The number of fused-ring (bicyclic) bond motifs is 1. The van der Waals surface area contributed by atoms with Crippen molar-refractivity contribution in [3.8, 4) is 0 Å². The number of hydrogen-bond donors (Lipinski definition) is 0. The Morgan fingerprint density at radius 1 is 1.30 bits per heavy atom. The fourth-order valence-corrected chi connectivity index (χ4v) is 2.33. The molecule has 2 unspecified atom stereocenters. The van der Waals surface area contributed by atoms with Gasteiger partial charge in [-0.25, -0.2) is 9.37 Å². The molecule has 0 aliphatic carbocycles. The highest BCUT2D eigenvalue weighted by atomic mass is 35.5. The van der Waals surface area contributed by atoms with E-state index in [1.54, 1.807) is 6.07 Å². The molecule has 2 aromatic rings. The van der Waals surface area contributed by atoms with Gasteiger partial charge in [0.25, 0.3) is 0 Å². The van der Waals surface area contributed by atoms with Gasteiger partial charge in [-0.1, -0.05) is 27.7 Å². The van der Waals surface area contributed by atoms with E-state index >= 15 is 0 Å². The minimum absolute atomic E-state index is 0.197. The van der Waals surface area contributed by atoms with Gasteiger partial charge in [0, 0.05) is 12.6 Å². The zero-order valence-corrected chi connectivity index (χ0v) is 13.5. The standard InChI is InChI=1S/C16H22ClFN2/c1-10(16(3,4)5)9-20-14-7-6-12(18)8-13(14)19-15(20)11(2)17/h6-8,10-11H,9H2,1-5H3. The molecule has 2 rings (SSSR count). The summed E-state index contributed by atoms with van der Waals surface area (Å²) in [6.07, 6.45) is 0. The first-order valence-electron chi connectivity index (χ1n) is 7.00. The summed E-state index contributed by atoms with van der Waals surface area (Å²) < 4.78 is 15.5. The molecule has 0 fully saturated rings. The molecule has 0 radical (unpaired) electrons. The van der Waals surface area contributed by atoms with Crippen molar-refractivity contribution in [1.82, 2.24) is 9.55 Å². The van der Waals surface area contributed by atoms with Crippen molar-refractivity contribution in [1.29, 1.82) is 0 Å². The van der Waals surface area contributed by atoms with E-state index in [9.17, 15) is 4.39 Å². The van der Waals surface area contributed by atoms with Crippen LogP contribution in [-0.2, 0) is 6.54 Å². The number of benzene rings is 1. The van der Waals surface area contributed by atoms with E-state index in [0.29, 0.717) is 11.4 Å². The number of alkyl halides is 1. The summed E-state index contributed by atoms with van der Waals surface area (Å²) in [6.45, 7) is 11.6. The minimum atomic E-state index is -0.264. The number of aromatic nitrogens is 2. The van der Waals surface area contributed by atoms with Gasteiger partial charge in [0.2, 0.25) is 0 Å². The molecule has 0 amide bonds. The smallest absolute Gasteiger partial charge is 0.127 e. The maximum Gasteiger partial charge on any atom is 0.127 e. The Morgan fingerprint density at radius 3 is 2.50 bits per heavy atom. The topological polar surface area (TPSA) is 17.8 Å². The summed E-state index contributed by atoms with van der Waals surface area (Å²) in [5.41, 5.74) is 1.82. The van der Waals surface area contributed by atoms with Crippen molar-refractivity contribution in [2.75, 3.05) is 0 Å². The molecule has 4 heteroatoms. The molecule has 20 heavy (non-hydrogen) atoms. The molecule has 0 N–H and O–H groups in total. The van der Waals surface area contributed by atoms with Gasteiger partial charge >= 0.3 is 0 Å². The van der Waals surface area contributed by atoms with Crippen LogP contribution in [0.25, 0.3) is 11.0 Å². The van der Waals surface area contributed by atoms with Gasteiger partial charge in [-0.3, -0.25) is 0 Å². The molecule has 2 nitrogen and oxygen atoms in total. The summed E-state index contributed by atoms with van der Waals surface area (Å²) in [6, 6.07) is 4.73. The molecular formula is C16H22ClFN2. The highest BCUT2D eigenvalue weighted by molar-refractivity contribution is 6.20. The van der Waals surface area contributed by atoms with Gasteiger partial charge < -0.3 is 4.57 Å². The van der Waals surface area contributed by atoms with Crippen LogP contribution in [0.5, 0.6) is 0 Å². The second-order valence-electron chi connectivity index (χ2n) is 6.60. The van der Waals surface area contributed by atoms with E-state index in [-0.39, 0.29) is 16.6 Å². The number of imidazole rings is 1. The molecule has 1 heterocycles. The molecule has 2 atom stereocenters. The third kappa shape index (κ3) is 2.98. The zero-order valence-electron chi connectivity index (χ0n) is 12.7. The second-order valence-corrected chi connectivity index (χ2v) is 7.25. The van der Waals surface area contributed by atoms with Crippen LogP contribution < -0.4 is 0 Å². The average molecular weight is 297 g/mol. The largest absolute Gasteiger partial charge is 0.326 e. The van der Waals surface area contributed by atoms with Crippen molar-refractivity contribution in [3.63, 3.8) is 0 Å². The molecule has 1 aromatic heterocycles. The van der Waals surface area contributed by atoms with Crippen LogP contribution in [0.1, 0.15) is 45.8 Å². The summed E-state index contributed by atoms with van der Waals surface area (Å²) in [4.78, 5) is 4.50. The highest BCUT2D eigenvalue weighted by Crippen LogP contribution is 2.31. The molecule has 0 bridgehead atoms. The first-order valence-corrected chi connectivity index (χ1v) is 7.43. The van der Waals surface area contributed by atoms with Crippen LogP contribution in [0.4, 0.5) is 4.39 Å². The lowest BCUT2D eigenvalue weighted by atomic mass is 9.82. The number of hydrogen-bond acceptors (Lipinski definition) is 1. The lowest BCUT2D eigenvalue weighted by Crippen LogP contribution is -2.23. The molecule has 1 aromatic carbocycles. The molecule has 0 spiro atoms. The predicted molar refractivity (Wildman–Crippen MR) is 82.6 cm³/mol. The van der Waals surface area contributed by atoms with Crippen molar-refractivity contribution >= 4 is 22.6 Å². The van der Waals surface area contributed by atoms with Crippen molar-refractivity contribution in [2.45, 2.75) is 46.5 Å². The summed E-state index contributed by atoms with van der Waals surface area (Å²) in [5, 5.41) is -0.197. The Hall–Kier alpha value is -1.09. The normalized spacial score (nSPS) is 15.6. The molecule has 110 valence electrons. The molecule has 0 saturated heterocycles. The summed E-state index contributed by atoms with van der Waals surface area (Å²) in [7, 11) is 0. The average Bonchev–Trinajstić information content (AvgIpc) is 2.66. The second kappa shape index (κ2) is 5.36. The van der Waals surface area contributed by atoms with Crippen molar-refractivity contribution < 1.29 is 4.39 Å².